The van der Waals surface area contributed by atoms with E-state index in [1.165, 1.54) is 26.2 Å². The Balaban J connectivity index is 2.89. The van der Waals surface area contributed by atoms with Crippen LogP contribution in [0.5, 0.6) is 5.75 Å². The molecule has 0 fully saturated rings. The topological polar surface area (TPSA) is 95.9 Å². The lowest BCUT2D eigenvalue weighted by molar-refractivity contribution is -0.141. The Bertz CT molecular complexity index is 489. The Hall–Kier alpha value is -2.15. The molecule has 0 aliphatic heterocycles. The normalized spacial score (nSPS) is 13.5. The molecule has 0 aliphatic carbocycles. The number of rotatable bonds is 5. The fraction of sp³-hybridized carbons (Fsp3) is 0.333. The number of aliphatic hydroxyl groups excluding tert-OH is 1. The number of hydrogen-bond donors (Lipinski definition) is 3. The van der Waals surface area contributed by atoms with E-state index in [0.717, 1.165) is 6.07 Å². The van der Waals surface area contributed by atoms with Gasteiger partial charge in [-0.15, -0.1) is 0 Å². The molecule has 0 radical (unpaired) electrons. The van der Waals surface area contributed by atoms with Gasteiger partial charge in [0.25, 0.3) is 5.91 Å². The van der Waals surface area contributed by atoms with Gasteiger partial charge in [0.2, 0.25) is 0 Å². The van der Waals surface area contributed by atoms with Gasteiger partial charge in [-0.1, -0.05) is 0 Å². The van der Waals surface area contributed by atoms with E-state index in [0.29, 0.717) is 0 Å². The number of nitrogens with one attached hydrogen (secondary N) is 1. The van der Waals surface area contributed by atoms with Gasteiger partial charge in [0, 0.05) is 5.56 Å². The third-order valence-electron chi connectivity index (χ3n) is 2.45. The van der Waals surface area contributed by atoms with E-state index < -0.39 is 29.8 Å². The highest BCUT2D eigenvalue weighted by molar-refractivity contribution is 5.96. The fourth-order valence-corrected chi connectivity index (χ4v) is 1.42. The molecule has 0 bridgehead atoms. The van der Waals surface area contributed by atoms with Crippen LogP contribution in [0.25, 0.3) is 0 Å². The van der Waals surface area contributed by atoms with E-state index in [1.807, 2.05) is 0 Å². The Morgan fingerprint density at radius 2 is 2.05 bits per heavy atom. The molecule has 1 rings (SSSR count). The first-order valence-corrected chi connectivity index (χ1v) is 5.42. The molecule has 2 atom stereocenters. The fourth-order valence-electron chi connectivity index (χ4n) is 1.42. The quantitative estimate of drug-likeness (QED) is 0.720. The summed E-state index contributed by atoms with van der Waals surface area (Å²) in [5.74, 6) is -2.94. The molecule has 1 amide bonds. The van der Waals surface area contributed by atoms with Crippen LogP contribution in [0, 0.1) is 5.82 Å². The molecule has 19 heavy (non-hydrogen) atoms. The summed E-state index contributed by atoms with van der Waals surface area (Å²) in [7, 11) is 1.28. The minimum absolute atomic E-state index is 0.0261. The van der Waals surface area contributed by atoms with Gasteiger partial charge in [0.1, 0.15) is 0 Å². The van der Waals surface area contributed by atoms with Crippen molar-refractivity contribution >= 4 is 11.9 Å². The molecule has 104 valence electrons. The Morgan fingerprint density at radius 3 is 2.47 bits per heavy atom. The van der Waals surface area contributed by atoms with Gasteiger partial charge >= 0.3 is 5.97 Å². The number of halogens is 1. The second-order valence-electron chi connectivity index (χ2n) is 3.88. The van der Waals surface area contributed by atoms with Crippen LogP contribution in [0.15, 0.2) is 18.2 Å². The molecule has 0 spiro atoms. The monoisotopic (exact) mass is 271 g/mol. The first-order valence-electron chi connectivity index (χ1n) is 5.42. The molecule has 3 N–H and O–H groups in total. The van der Waals surface area contributed by atoms with Crippen molar-refractivity contribution in [3.8, 4) is 5.75 Å². The lowest BCUT2D eigenvalue weighted by atomic mass is 10.1. The number of methoxy groups -OCH3 is 1. The van der Waals surface area contributed by atoms with Crippen molar-refractivity contribution in [2.45, 2.75) is 19.1 Å². The lowest BCUT2D eigenvalue weighted by Crippen LogP contribution is -2.47. The van der Waals surface area contributed by atoms with Gasteiger partial charge in [-0.25, -0.2) is 9.18 Å². The van der Waals surface area contributed by atoms with Crippen LogP contribution in [0.2, 0.25) is 0 Å². The maximum absolute atomic E-state index is 13.4. The molecular weight excluding hydrogens is 257 g/mol. The molecule has 0 saturated heterocycles. The number of carbonyl (C=O) groups excluding carboxylic acids is 1. The summed E-state index contributed by atoms with van der Waals surface area (Å²) in [4.78, 5) is 22.5. The van der Waals surface area contributed by atoms with Crippen LogP contribution in [0.4, 0.5) is 4.39 Å². The van der Waals surface area contributed by atoms with Crippen molar-refractivity contribution in [2.75, 3.05) is 7.11 Å². The largest absolute Gasteiger partial charge is 0.494 e. The summed E-state index contributed by atoms with van der Waals surface area (Å²) < 4.78 is 18.1. The molecule has 0 heterocycles. The van der Waals surface area contributed by atoms with Gasteiger partial charge in [-0.3, -0.25) is 4.79 Å². The molecule has 0 saturated carbocycles. The second kappa shape index (κ2) is 6.14. The summed E-state index contributed by atoms with van der Waals surface area (Å²) in [5.41, 5.74) is -0.0646. The molecule has 0 aliphatic rings. The van der Waals surface area contributed by atoms with E-state index in [9.17, 15) is 19.1 Å². The van der Waals surface area contributed by atoms with E-state index in [-0.39, 0.29) is 11.3 Å². The lowest BCUT2D eigenvalue weighted by Gasteiger charge is -2.17. The zero-order valence-electron chi connectivity index (χ0n) is 10.4. The maximum Gasteiger partial charge on any atom is 0.328 e. The summed E-state index contributed by atoms with van der Waals surface area (Å²) >= 11 is 0. The smallest absolute Gasteiger partial charge is 0.328 e. The Morgan fingerprint density at radius 1 is 1.42 bits per heavy atom. The van der Waals surface area contributed by atoms with Gasteiger partial charge in [-0.2, -0.15) is 0 Å². The first kappa shape index (κ1) is 14.9. The van der Waals surface area contributed by atoms with Crippen molar-refractivity contribution in [2.24, 2.45) is 0 Å². The predicted molar refractivity (Wildman–Crippen MR) is 63.5 cm³/mol. The molecule has 2 unspecified atom stereocenters. The molecular formula is C12H14FNO5. The van der Waals surface area contributed by atoms with Crippen molar-refractivity contribution < 1.29 is 28.9 Å². The van der Waals surface area contributed by atoms with Gasteiger partial charge in [-0.05, 0) is 25.1 Å². The van der Waals surface area contributed by atoms with Crippen LogP contribution in [-0.4, -0.2) is 41.3 Å². The number of carboxylic acids is 1. The van der Waals surface area contributed by atoms with Crippen LogP contribution in [0.1, 0.15) is 17.3 Å². The van der Waals surface area contributed by atoms with Crippen molar-refractivity contribution in [1.82, 2.24) is 5.32 Å². The predicted octanol–water partition coefficient (Wildman–Crippen LogP) is 0.398. The van der Waals surface area contributed by atoms with Crippen LogP contribution >= 0.6 is 0 Å². The summed E-state index contributed by atoms with van der Waals surface area (Å²) in [6.07, 6.45) is -1.27. The Labute approximate surface area is 108 Å². The SMILES string of the molecule is COc1ccc(C(=O)NC(C(=O)O)C(C)O)cc1F. The number of benzene rings is 1. The zero-order chi connectivity index (χ0) is 14.6. The highest BCUT2D eigenvalue weighted by Crippen LogP contribution is 2.17. The number of ether oxygens (including phenoxy) is 1. The van der Waals surface area contributed by atoms with Crippen molar-refractivity contribution in [3.05, 3.63) is 29.6 Å². The number of carbonyl (C=O) groups is 2. The maximum atomic E-state index is 13.4. The average molecular weight is 271 g/mol. The molecule has 0 aromatic heterocycles. The van der Waals surface area contributed by atoms with Crippen molar-refractivity contribution in [1.29, 1.82) is 0 Å². The molecule has 1 aromatic carbocycles. The second-order valence-corrected chi connectivity index (χ2v) is 3.88. The number of carboxylic acid groups (broad SMARTS) is 1. The van der Waals surface area contributed by atoms with Crippen LogP contribution in [-0.2, 0) is 4.79 Å². The van der Waals surface area contributed by atoms with Crippen LogP contribution in [0.3, 0.4) is 0 Å². The van der Waals surface area contributed by atoms with Crippen LogP contribution < -0.4 is 10.1 Å². The summed E-state index contributed by atoms with van der Waals surface area (Å²) in [5, 5.41) is 20.1. The summed E-state index contributed by atoms with van der Waals surface area (Å²) in [6, 6.07) is 2.01. The third-order valence-corrected chi connectivity index (χ3v) is 2.45. The van der Waals surface area contributed by atoms with E-state index >= 15 is 0 Å². The zero-order valence-corrected chi connectivity index (χ0v) is 10.4. The van der Waals surface area contributed by atoms with Gasteiger partial charge in [0.05, 0.1) is 13.2 Å². The minimum atomic E-state index is -1.46. The number of aliphatic carboxylic acids is 1. The molecule has 6 nitrogen and oxygen atoms in total. The van der Waals surface area contributed by atoms with E-state index in [1.54, 1.807) is 0 Å². The first-order chi connectivity index (χ1) is 8.86. The average Bonchev–Trinajstić information content (AvgIpc) is 2.34. The minimum Gasteiger partial charge on any atom is -0.494 e. The number of hydrogen-bond acceptors (Lipinski definition) is 4. The number of aliphatic hydroxyl groups is 1. The van der Waals surface area contributed by atoms with Gasteiger partial charge in [0.15, 0.2) is 17.6 Å². The number of amides is 1. The van der Waals surface area contributed by atoms with Crippen molar-refractivity contribution in [3.63, 3.8) is 0 Å². The Kier molecular flexibility index (Phi) is 4.82. The highest BCUT2D eigenvalue weighted by Gasteiger charge is 2.25. The molecule has 7 heteroatoms. The summed E-state index contributed by atoms with van der Waals surface area (Å²) in [6.45, 7) is 1.23. The van der Waals surface area contributed by atoms with E-state index in [2.05, 4.69) is 5.32 Å². The standard InChI is InChI=1S/C12H14FNO5/c1-6(15)10(12(17)18)14-11(16)7-3-4-9(19-2)8(13)5-7/h3-6,10,15H,1-2H3,(H,14,16)(H,17,18). The highest BCUT2D eigenvalue weighted by atomic mass is 19.1. The van der Waals surface area contributed by atoms with E-state index in [4.69, 9.17) is 9.84 Å². The third kappa shape index (κ3) is 3.65. The molecule has 1 aromatic rings. The van der Waals surface area contributed by atoms with Gasteiger partial charge < -0.3 is 20.3 Å².